The summed E-state index contributed by atoms with van der Waals surface area (Å²) in [6.07, 6.45) is -2.50. The van der Waals surface area contributed by atoms with Gasteiger partial charge in [0.1, 0.15) is 18.5 Å². The predicted octanol–water partition coefficient (Wildman–Crippen LogP) is 3.59. The second-order valence-corrected chi connectivity index (χ2v) is 8.31. The lowest BCUT2D eigenvalue weighted by atomic mass is 9.97. The van der Waals surface area contributed by atoms with Gasteiger partial charge in [-0.1, -0.05) is 28.6 Å². The van der Waals surface area contributed by atoms with Gasteiger partial charge in [-0.2, -0.15) is 18.3 Å². The van der Waals surface area contributed by atoms with Crippen LogP contribution >= 0.6 is 11.6 Å². The number of rotatable bonds is 6. The van der Waals surface area contributed by atoms with Gasteiger partial charge in [0.2, 0.25) is 5.91 Å². The molecule has 0 spiro atoms. The molecule has 0 fully saturated rings. The van der Waals surface area contributed by atoms with Crippen LogP contribution in [-0.2, 0) is 29.3 Å². The molecule has 172 valence electrons. The summed E-state index contributed by atoms with van der Waals surface area (Å²) in [5.74, 6) is 5.40. The number of aromatic nitrogens is 3. The van der Waals surface area contributed by atoms with Crippen LogP contribution in [0.1, 0.15) is 43.3 Å². The first-order chi connectivity index (χ1) is 14.8. The van der Waals surface area contributed by atoms with Gasteiger partial charge in [-0.15, -0.1) is 0 Å². The zero-order chi connectivity index (χ0) is 24.1. The van der Waals surface area contributed by atoms with Gasteiger partial charge in [-0.05, 0) is 26.8 Å². The molecule has 0 aliphatic carbocycles. The minimum atomic E-state index is -4.66. The Bertz CT molecular complexity index is 1080. The smallest absolute Gasteiger partial charge is 0.399 e. The molecular formula is C21H23ClF3N5O2. The molecule has 2 rings (SSSR count). The molecule has 32 heavy (non-hydrogen) atoms. The summed E-state index contributed by atoms with van der Waals surface area (Å²) in [6.45, 7) is 5.75. The van der Waals surface area contributed by atoms with E-state index >= 15 is 0 Å². The van der Waals surface area contributed by atoms with E-state index in [1.165, 1.54) is 20.4 Å². The number of carbonyl (C=O) groups is 1. The van der Waals surface area contributed by atoms with Crippen molar-refractivity contribution in [2.75, 3.05) is 13.7 Å². The molecule has 7 nitrogen and oxygen atoms in total. The maximum Gasteiger partial charge on any atom is 0.435 e. The van der Waals surface area contributed by atoms with E-state index in [0.717, 1.165) is 10.9 Å². The molecule has 0 aliphatic rings. The van der Waals surface area contributed by atoms with Gasteiger partial charge in [0, 0.05) is 36.0 Å². The Morgan fingerprint density at radius 1 is 1.34 bits per heavy atom. The first-order valence-electron chi connectivity index (χ1n) is 9.45. The maximum atomic E-state index is 13.1. The average Bonchev–Trinajstić information content (AvgIpc) is 3.04. The van der Waals surface area contributed by atoms with Crippen LogP contribution in [0.25, 0.3) is 0 Å². The summed E-state index contributed by atoms with van der Waals surface area (Å²) in [5, 5.41) is 9.97. The number of aryl methyl sites for hydroxylation is 1. The highest BCUT2D eigenvalue weighted by molar-refractivity contribution is 6.34. The van der Waals surface area contributed by atoms with E-state index < -0.39 is 24.2 Å². The first kappa shape index (κ1) is 25.2. The lowest BCUT2D eigenvalue weighted by Crippen LogP contribution is -2.32. The molecule has 0 bridgehead atoms. The lowest BCUT2D eigenvalue weighted by molar-refractivity contribution is -0.142. The van der Waals surface area contributed by atoms with Crippen LogP contribution in [0.3, 0.4) is 0 Å². The van der Waals surface area contributed by atoms with E-state index in [1.807, 2.05) is 20.8 Å². The van der Waals surface area contributed by atoms with Crippen LogP contribution in [0.4, 0.5) is 13.2 Å². The Labute approximate surface area is 189 Å². The van der Waals surface area contributed by atoms with Crippen LogP contribution in [-0.4, -0.2) is 40.0 Å². The van der Waals surface area contributed by atoms with Crippen molar-refractivity contribution in [2.24, 2.45) is 17.6 Å². The minimum Gasteiger partial charge on any atom is -0.399 e. The van der Waals surface area contributed by atoms with Crippen LogP contribution in [0, 0.1) is 17.3 Å². The van der Waals surface area contributed by atoms with E-state index in [0.29, 0.717) is 5.56 Å². The number of oxime groups is 1. The third kappa shape index (κ3) is 7.27. The highest BCUT2D eigenvalue weighted by atomic mass is 35.5. The zero-order valence-corrected chi connectivity index (χ0v) is 19.0. The molecule has 1 amide bonds. The van der Waals surface area contributed by atoms with Crippen molar-refractivity contribution in [3.8, 4) is 11.8 Å². The third-order valence-corrected chi connectivity index (χ3v) is 4.16. The van der Waals surface area contributed by atoms with Gasteiger partial charge in [0.15, 0.2) is 5.69 Å². The molecule has 1 N–H and O–H groups in total. The summed E-state index contributed by atoms with van der Waals surface area (Å²) in [4.78, 5) is 21.3. The second kappa shape index (κ2) is 10.0. The number of nitrogens with zero attached hydrogens (tertiary/aromatic N) is 4. The van der Waals surface area contributed by atoms with E-state index in [-0.39, 0.29) is 34.0 Å². The number of hydrogen-bond donors (Lipinski definition) is 1. The third-order valence-electron chi connectivity index (χ3n) is 3.87. The number of amides is 1. The van der Waals surface area contributed by atoms with E-state index in [1.54, 1.807) is 6.07 Å². The molecule has 11 heteroatoms. The van der Waals surface area contributed by atoms with Crippen LogP contribution < -0.4 is 5.32 Å². The van der Waals surface area contributed by atoms with Gasteiger partial charge in [0.25, 0.3) is 0 Å². The summed E-state index contributed by atoms with van der Waals surface area (Å²) in [6, 6.07) is 1.61. The largest absolute Gasteiger partial charge is 0.435 e. The molecule has 0 atom stereocenters. The zero-order valence-electron chi connectivity index (χ0n) is 18.3. The van der Waals surface area contributed by atoms with Crippen molar-refractivity contribution >= 4 is 23.2 Å². The number of hydrogen-bond acceptors (Lipinski definition) is 5. The summed E-state index contributed by atoms with van der Waals surface area (Å²) in [7, 11) is 2.66. The van der Waals surface area contributed by atoms with Crippen LogP contribution in [0.2, 0.25) is 5.02 Å². The van der Waals surface area contributed by atoms with Gasteiger partial charge in [-0.3, -0.25) is 14.5 Å². The lowest BCUT2D eigenvalue weighted by Gasteiger charge is -2.10. The molecule has 0 aromatic carbocycles. The summed E-state index contributed by atoms with van der Waals surface area (Å²) >= 11 is 6.31. The molecule has 2 aromatic rings. The molecular weight excluding hydrogens is 447 g/mol. The first-order valence-corrected chi connectivity index (χ1v) is 9.83. The van der Waals surface area contributed by atoms with E-state index in [2.05, 4.69) is 32.4 Å². The summed E-state index contributed by atoms with van der Waals surface area (Å²) in [5.41, 5.74) is -0.474. The Morgan fingerprint density at radius 2 is 2.03 bits per heavy atom. The van der Waals surface area contributed by atoms with Gasteiger partial charge in [0.05, 0.1) is 18.0 Å². The van der Waals surface area contributed by atoms with Gasteiger partial charge >= 0.3 is 6.18 Å². The Morgan fingerprint density at radius 3 is 2.59 bits per heavy atom. The van der Waals surface area contributed by atoms with Crippen molar-refractivity contribution in [3.05, 3.63) is 46.0 Å². The van der Waals surface area contributed by atoms with Gasteiger partial charge in [-0.25, -0.2) is 0 Å². The average molecular weight is 470 g/mol. The van der Waals surface area contributed by atoms with E-state index in [9.17, 15) is 18.0 Å². The Kier molecular flexibility index (Phi) is 7.91. The SMILES string of the molecule is CO/N=C(\CNC(=O)Cc1cn(C)nc1C(F)(F)F)c1ncc(C#CC(C)(C)C)cc1Cl. The number of carbonyl (C=O) groups excluding carboxylic acids is 1. The second-order valence-electron chi connectivity index (χ2n) is 7.90. The van der Waals surface area contributed by atoms with Crippen molar-refractivity contribution in [1.29, 1.82) is 0 Å². The molecule has 0 saturated heterocycles. The fourth-order valence-electron chi connectivity index (χ4n) is 2.57. The fourth-order valence-corrected chi connectivity index (χ4v) is 2.85. The number of pyridine rings is 1. The van der Waals surface area contributed by atoms with E-state index in [4.69, 9.17) is 16.4 Å². The molecule has 0 aliphatic heterocycles. The standard InChI is InChI=1S/C21H23ClF3N5O2/c1-20(2,3)7-6-13-8-15(22)18(27-10-13)16(29-32-5)11-26-17(31)9-14-12-30(4)28-19(14)21(23,24)25/h8,10,12H,9,11H2,1-5H3,(H,26,31)/b29-16+. The van der Waals surface area contributed by atoms with Crippen molar-refractivity contribution < 1.29 is 22.8 Å². The van der Waals surface area contributed by atoms with Crippen LogP contribution in [0.5, 0.6) is 0 Å². The van der Waals surface area contributed by atoms with Crippen molar-refractivity contribution in [2.45, 2.75) is 33.4 Å². The predicted molar refractivity (Wildman–Crippen MR) is 114 cm³/mol. The minimum absolute atomic E-state index is 0.159. The van der Waals surface area contributed by atoms with Crippen molar-refractivity contribution in [3.63, 3.8) is 0 Å². The monoisotopic (exact) mass is 469 g/mol. The Balaban J connectivity index is 2.14. The molecule has 2 aromatic heterocycles. The Hall–Kier alpha value is -3.06. The fraction of sp³-hybridized carbons (Fsp3) is 0.429. The van der Waals surface area contributed by atoms with Crippen molar-refractivity contribution in [1.82, 2.24) is 20.1 Å². The molecule has 2 heterocycles. The van der Waals surface area contributed by atoms with Gasteiger partial charge < -0.3 is 10.2 Å². The summed E-state index contributed by atoms with van der Waals surface area (Å²) < 4.78 is 40.2. The molecule has 0 radical (unpaired) electrons. The number of halogens is 4. The maximum absolute atomic E-state index is 13.1. The quantitative estimate of drug-likeness (QED) is 0.398. The highest BCUT2D eigenvalue weighted by Gasteiger charge is 2.37. The number of nitrogens with one attached hydrogen (secondary N) is 1. The number of alkyl halides is 3. The topological polar surface area (TPSA) is 81.4 Å². The van der Waals surface area contributed by atoms with Crippen LogP contribution in [0.15, 0.2) is 23.6 Å². The molecule has 0 saturated carbocycles. The molecule has 0 unspecified atom stereocenters. The highest BCUT2D eigenvalue weighted by Crippen LogP contribution is 2.30. The normalized spacial score (nSPS) is 12.2.